The quantitative estimate of drug-likeness (QED) is 0.793. The van der Waals surface area contributed by atoms with E-state index in [1.165, 1.54) is 5.56 Å². The lowest BCUT2D eigenvalue weighted by atomic mass is 10.1. The monoisotopic (exact) mass is 277 g/mol. The molecule has 20 heavy (non-hydrogen) atoms. The van der Waals surface area contributed by atoms with Gasteiger partial charge >= 0.3 is 5.97 Å². The number of likely N-dealkylation sites (tertiary alicyclic amines) is 1. The van der Waals surface area contributed by atoms with E-state index in [9.17, 15) is 9.59 Å². The Balaban J connectivity index is 1.65. The minimum atomic E-state index is -0.828. The molecule has 1 aliphatic rings. The predicted molar refractivity (Wildman–Crippen MR) is 73.3 cm³/mol. The maximum atomic E-state index is 11.8. The summed E-state index contributed by atoms with van der Waals surface area (Å²) in [7, 11) is 0. The number of ether oxygens (including phenoxy) is 1. The van der Waals surface area contributed by atoms with Gasteiger partial charge in [-0.05, 0) is 18.4 Å². The van der Waals surface area contributed by atoms with Crippen LogP contribution in [0, 0.1) is 5.92 Å². The van der Waals surface area contributed by atoms with Crippen LogP contribution in [0.25, 0.3) is 0 Å². The third kappa shape index (κ3) is 4.06. The molecule has 0 aromatic heterocycles. The topological polar surface area (TPSA) is 66.8 Å². The third-order valence-corrected chi connectivity index (χ3v) is 3.49. The number of amides is 1. The molecule has 1 N–H and O–H groups in total. The number of hydrogen-bond donors (Lipinski definition) is 1. The van der Waals surface area contributed by atoms with E-state index in [1.807, 2.05) is 30.3 Å². The lowest BCUT2D eigenvalue weighted by Gasteiger charge is -2.15. The number of carboxylic acids is 1. The van der Waals surface area contributed by atoms with Crippen LogP contribution in [-0.2, 0) is 20.7 Å². The summed E-state index contributed by atoms with van der Waals surface area (Å²) in [6.07, 6.45) is 1.30. The number of aliphatic carboxylic acids is 1. The number of rotatable bonds is 6. The van der Waals surface area contributed by atoms with Crippen molar-refractivity contribution < 1.29 is 19.4 Å². The zero-order valence-corrected chi connectivity index (χ0v) is 11.3. The summed E-state index contributed by atoms with van der Waals surface area (Å²) in [6.45, 7) is 1.33. The molecule has 1 aromatic rings. The van der Waals surface area contributed by atoms with Crippen LogP contribution in [0.15, 0.2) is 30.3 Å². The van der Waals surface area contributed by atoms with E-state index in [1.54, 1.807) is 4.90 Å². The standard InChI is InChI=1S/C15H19NO4/c17-14(16-8-6-13(10-16)15(18)19)11-20-9-7-12-4-2-1-3-5-12/h1-5,13H,6-11H2,(H,18,19). The highest BCUT2D eigenvalue weighted by Gasteiger charge is 2.30. The van der Waals surface area contributed by atoms with Crippen molar-refractivity contribution in [3.8, 4) is 0 Å². The highest BCUT2D eigenvalue weighted by Crippen LogP contribution is 2.16. The van der Waals surface area contributed by atoms with E-state index < -0.39 is 11.9 Å². The number of benzene rings is 1. The van der Waals surface area contributed by atoms with Crippen LogP contribution >= 0.6 is 0 Å². The van der Waals surface area contributed by atoms with Gasteiger partial charge in [0.2, 0.25) is 5.91 Å². The van der Waals surface area contributed by atoms with Gasteiger partial charge in [0.1, 0.15) is 6.61 Å². The SMILES string of the molecule is O=C(O)C1CCN(C(=O)COCCc2ccccc2)C1. The van der Waals surface area contributed by atoms with Crippen LogP contribution < -0.4 is 0 Å². The number of carboxylic acid groups (broad SMARTS) is 1. The van der Waals surface area contributed by atoms with E-state index in [2.05, 4.69) is 0 Å². The maximum Gasteiger partial charge on any atom is 0.308 e. The van der Waals surface area contributed by atoms with Crippen molar-refractivity contribution in [2.24, 2.45) is 5.92 Å². The minimum absolute atomic E-state index is 0.0270. The van der Waals surface area contributed by atoms with Crippen LogP contribution in [0.3, 0.4) is 0 Å². The van der Waals surface area contributed by atoms with Crippen molar-refractivity contribution in [2.75, 3.05) is 26.3 Å². The molecule has 0 bridgehead atoms. The second kappa shape index (κ2) is 7.05. The first kappa shape index (κ1) is 14.5. The first-order valence-corrected chi connectivity index (χ1v) is 6.79. The molecule has 1 aromatic carbocycles. The summed E-state index contributed by atoms with van der Waals surface area (Å²) < 4.78 is 5.37. The molecular formula is C15H19NO4. The van der Waals surface area contributed by atoms with Crippen LogP contribution in [0.4, 0.5) is 0 Å². The van der Waals surface area contributed by atoms with Crippen molar-refractivity contribution in [3.63, 3.8) is 0 Å². The molecule has 1 atom stereocenters. The predicted octanol–water partition coefficient (Wildman–Crippen LogP) is 1.18. The van der Waals surface area contributed by atoms with Gasteiger partial charge in [-0.1, -0.05) is 30.3 Å². The second-order valence-electron chi connectivity index (χ2n) is 4.95. The Kier molecular flexibility index (Phi) is 5.12. The van der Waals surface area contributed by atoms with E-state index in [4.69, 9.17) is 9.84 Å². The average molecular weight is 277 g/mol. The fraction of sp³-hybridized carbons (Fsp3) is 0.467. The Bertz CT molecular complexity index is 460. The van der Waals surface area contributed by atoms with Crippen LogP contribution in [0.5, 0.6) is 0 Å². The van der Waals surface area contributed by atoms with Crippen molar-refractivity contribution in [1.82, 2.24) is 4.90 Å². The molecule has 0 radical (unpaired) electrons. The van der Waals surface area contributed by atoms with Gasteiger partial charge in [-0.15, -0.1) is 0 Å². The number of nitrogens with zero attached hydrogens (tertiary/aromatic N) is 1. The van der Waals surface area contributed by atoms with Gasteiger partial charge in [0.15, 0.2) is 0 Å². The molecule has 0 saturated carbocycles. The molecule has 108 valence electrons. The Morgan fingerprint density at radius 3 is 2.70 bits per heavy atom. The molecule has 1 fully saturated rings. The molecule has 0 aliphatic carbocycles. The Morgan fingerprint density at radius 1 is 1.30 bits per heavy atom. The summed E-state index contributed by atoms with van der Waals surface area (Å²) in [5, 5.41) is 8.88. The molecule has 1 heterocycles. The molecular weight excluding hydrogens is 258 g/mol. The van der Waals surface area contributed by atoms with Crippen LogP contribution in [0.1, 0.15) is 12.0 Å². The Morgan fingerprint density at radius 2 is 2.05 bits per heavy atom. The van der Waals surface area contributed by atoms with Crippen molar-refractivity contribution in [2.45, 2.75) is 12.8 Å². The first-order valence-electron chi connectivity index (χ1n) is 6.79. The average Bonchev–Trinajstić information content (AvgIpc) is 2.94. The lowest BCUT2D eigenvalue weighted by Crippen LogP contribution is -2.33. The normalized spacial score (nSPS) is 18.2. The number of hydrogen-bond acceptors (Lipinski definition) is 3. The van der Waals surface area contributed by atoms with Gasteiger partial charge < -0.3 is 14.7 Å². The molecule has 1 aliphatic heterocycles. The summed E-state index contributed by atoms with van der Waals surface area (Å²) in [6, 6.07) is 9.93. The number of carbonyl (C=O) groups is 2. The third-order valence-electron chi connectivity index (χ3n) is 3.49. The zero-order valence-electron chi connectivity index (χ0n) is 11.3. The highest BCUT2D eigenvalue weighted by molar-refractivity contribution is 5.79. The largest absolute Gasteiger partial charge is 0.481 e. The fourth-order valence-corrected chi connectivity index (χ4v) is 2.27. The van der Waals surface area contributed by atoms with E-state index >= 15 is 0 Å². The van der Waals surface area contributed by atoms with Gasteiger partial charge in [0.25, 0.3) is 0 Å². The second-order valence-corrected chi connectivity index (χ2v) is 4.95. The highest BCUT2D eigenvalue weighted by atomic mass is 16.5. The molecule has 2 rings (SSSR count). The van der Waals surface area contributed by atoms with Gasteiger partial charge in [-0.2, -0.15) is 0 Å². The van der Waals surface area contributed by atoms with Crippen molar-refractivity contribution in [3.05, 3.63) is 35.9 Å². The lowest BCUT2D eigenvalue weighted by molar-refractivity contribution is -0.141. The van der Waals surface area contributed by atoms with Gasteiger partial charge in [-0.25, -0.2) is 0 Å². The molecule has 1 saturated heterocycles. The van der Waals surface area contributed by atoms with Crippen LogP contribution in [0.2, 0.25) is 0 Å². The Hall–Kier alpha value is -1.88. The fourth-order valence-electron chi connectivity index (χ4n) is 2.27. The Labute approximate surface area is 118 Å². The summed E-state index contributed by atoms with van der Waals surface area (Å²) in [5.74, 6) is -1.38. The van der Waals surface area contributed by atoms with E-state index in [0.717, 1.165) is 6.42 Å². The zero-order chi connectivity index (χ0) is 14.4. The van der Waals surface area contributed by atoms with Crippen LogP contribution in [-0.4, -0.2) is 48.2 Å². The molecule has 1 unspecified atom stereocenters. The summed E-state index contributed by atoms with van der Waals surface area (Å²) >= 11 is 0. The molecule has 0 spiro atoms. The van der Waals surface area contributed by atoms with Gasteiger partial charge in [0, 0.05) is 13.1 Å². The van der Waals surface area contributed by atoms with E-state index in [0.29, 0.717) is 26.1 Å². The smallest absolute Gasteiger partial charge is 0.308 e. The summed E-state index contributed by atoms with van der Waals surface area (Å²) in [5.41, 5.74) is 1.17. The van der Waals surface area contributed by atoms with Gasteiger partial charge in [0.05, 0.1) is 12.5 Å². The minimum Gasteiger partial charge on any atom is -0.481 e. The molecule has 1 amide bonds. The molecule has 5 nitrogen and oxygen atoms in total. The number of carbonyl (C=O) groups excluding carboxylic acids is 1. The molecule has 5 heteroatoms. The first-order chi connectivity index (χ1) is 9.66. The van der Waals surface area contributed by atoms with Crippen molar-refractivity contribution >= 4 is 11.9 Å². The van der Waals surface area contributed by atoms with Crippen molar-refractivity contribution in [1.29, 1.82) is 0 Å². The summed E-state index contributed by atoms with van der Waals surface area (Å²) in [4.78, 5) is 24.2. The maximum absolute atomic E-state index is 11.8. The van der Waals surface area contributed by atoms with E-state index in [-0.39, 0.29) is 12.5 Å². The van der Waals surface area contributed by atoms with Gasteiger partial charge in [-0.3, -0.25) is 9.59 Å².